The average Bonchev–Trinajstić information content (AvgIpc) is 3.02. The van der Waals surface area contributed by atoms with Crippen LogP contribution in [0.4, 0.5) is 8.78 Å². The number of aliphatic hydroxyl groups excluding tert-OH is 1. The summed E-state index contributed by atoms with van der Waals surface area (Å²) in [6.07, 6.45) is 0. The number of rotatable bonds is 6. The molecule has 0 unspecified atom stereocenters. The summed E-state index contributed by atoms with van der Waals surface area (Å²) in [7, 11) is 3.60. The SMILES string of the molecule is COc1ccc(F)c(F)c1CN1C[C@@H](CN2CCN(C)CC2)[C@@H](CO)C1. The van der Waals surface area contributed by atoms with Gasteiger partial charge in [-0.3, -0.25) is 4.90 Å². The summed E-state index contributed by atoms with van der Waals surface area (Å²) >= 11 is 0. The van der Waals surface area contributed by atoms with E-state index in [4.69, 9.17) is 4.74 Å². The summed E-state index contributed by atoms with van der Waals surface area (Å²) in [6.45, 7) is 7.02. The van der Waals surface area contributed by atoms with Crippen LogP contribution in [0.1, 0.15) is 5.56 Å². The highest BCUT2D eigenvalue weighted by molar-refractivity contribution is 5.35. The van der Waals surface area contributed by atoms with Crippen molar-refractivity contribution >= 4 is 0 Å². The van der Waals surface area contributed by atoms with Gasteiger partial charge in [0, 0.05) is 64.5 Å². The van der Waals surface area contributed by atoms with Gasteiger partial charge in [0.25, 0.3) is 0 Å². The molecule has 0 radical (unpaired) electrons. The third-order valence-corrected chi connectivity index (χ3v) is 5.73. The standard InChI is InChI=1S/C19H29F2N3O2/c1-22-5-7-23(8-6-22)9-14-10-24(11-15(14)13-25)12-16-18(26-2)4-3-17(20)19(16)21/h3-4,14-15,25H,5-13H2,1-2H3/t14-,15-/m1/s1. The second-order valence-corrected chi connectivity index (χ2v) is 7.54. The molecule has 0 spiro atoms. The van der Waals surface area contributed by atoms with Gasteiger partial charge in [-0.05, 0) is 31.0 Å². The van der Waals surface area contributed by atoms with Crippen molar-refractivity contribution in [3.63, 3.8) is 0 Å². The smallest absolute Gasteiger partial charge is 0.167 e. The van der Waals surface area contributed by atoms with Crippen LogP contribution in [0.15, 0.2) is 12.1 Å². The summed E-state index contributed by atoms with van der Waals surface area (Å²) in [6, 6.07) is 2.56. The van der Waals surface area contributed by atoms with Crippen molar-refractivity contribution in [3.8, 4) is 5.75 Å². The van der Waals surface area contributed by atoms with Gasteiger partial charge in [-0.1, -0.05) is 0 Å². The first-order chi connectivity index (χ1) is 12.5. The van der Waals surface area contributed by atoms with Crippen molar-refractivity contribution in [1.82, 2.24) is 14.7 Å². The molecule has 0 aromatic heterocycles. The molecule has 3 rings (SSSR count). The molecule has 2 saturated heterocycles. The number of hydrogen-bond donors (Lipinski definition) is 1. The molecule has 0 saturated carbocycles. The highest BCUT2D eigenvalue weighted by Crippen LogP contribution is 2.30. The minimum Gasteiger partial charge on any atom is -0.496 e. The number of likely N-dealkylation sites (tertiary alicyclic amines) is 1. The fourth-order valence-corrected chi connectivity index (χ4v) is 4.08. The average molecular weight is 369 g/mol. The predicted molar refractivity (Wildman–Crippen MR) is 96.2 cm³/mol. The van der Waals surface area contributed by atoms with Crippen molar-refractivity contribution in [2.24, 2.45) is 11.8 Å². The number of piperazine rings is 1. The molecule has 0 aliphatic carbocycles. The maximum absolute atomic E-state index is 14.2. The van der Waals surface area contributed by atoms with Gasteiger partial charge in [-0.2, -0.15) is 0 Å². The lowest BCUT2D eigenvalue weighted by atomic mass is 9.96. The van der Waals surface area contributed by atoms with E-state index in [-0.39, 0.29) is 18.1 Å². The number of aliphatic hydroxyl groups is 1. The Balaban J connectivity index is 1.65. The number of benzene rings is 1. The zero-order valence-electron chi connectivity index (χ0n) is 15.6. The molecule has 0 bridgehead atoms. The van der Waals surface area contributed by atoms with E-state index in [9.17, 15) is 13.9 Å². The lowest BCUT2D eigenvalue weighted by Crippen LogP contribution is -2.47. The summed E-state index contributed by atoms with van der Waals surface area (Å²) in [5, 5.41) is 9.78. The van der Waals surface area contributed by atoms with Crippen molar-refractivity contribution in [2.45, 2.75) is 6.54 Å². The summed E-state index contributed by atoms with van der Waals surface area (Å²) in [4.78, 5) is 6.86. The van der Waals surface area contributed by atoms with Crippen LogP contribution in [0.3, 0.4) is 0 Å². The first kappa shape index (κ1) is 19.5. The van der Waals surface area contributed by atoms with E-state index >= 15 is 0 Å². The van der Waals surface area contributed by atoms with Gasteiger partial charge in [-0.25, -0.2) is 8.78 Å². The Labute approximate surface area is 154 Å². The number of hydrogen-bond acceptors (Lipinski definition) is 5. The number of likely N-dealkylation sites (N-methyl/N-ethyl adjacent to an activating group) is 1. The van der Waals surface area contributed by atoms with Crippen LogP contribution in [0.25, 0.3) is 0 Å². The van der Waals surface area contributed by atoms with Gasteiger partial charge < -0.3 is 19.6 Å². The van der Waals surface area contributed by atoms with Crippen LogP contribution in [0.5, 0.6) is 5.75 Å². The molecule has 2 aliphatic heterocycles. The molecule has 2 atom stereocenters. The van der Waals surface area contributed by atoms with E-state index in [1.807, 2.05) is 0 Å². The number of halogens is 2. The second kappa shape index (κ2) is 8.61. The number of methoxy groups -OCH3 is 1. The van der Waals surface area contributed by atoms with Crippen LogP contribution >= 0.6 is 0 Å². The highest BCUT2D eigenvalue weighted by atomic mass is 19.2. The highest BCUT2D eigenvalue weighted by Gasteiger charge is 2.34. The van der Waals surface area contributed by atoms with Gasteiger partial charge in [0.15, 0.2) is 11.6 Å². The Hall–Kier alpha value is -1.28. The third-order valence-electron chi connectivity index (χ3n) is 5.73. The minimum absolute atomic E-state index is 0.123. The van der Waals surface area contributed by atoms with Gasteiger partial charge >= 0.3 is 0 Å². The van der Waals surface area contributed by atoms with Crippen LogP contribution < -0.4 is 4.74 Å². The maximum atomic E-state index is 14.2. The number of nitrogens with zero attached hydrogens (tertiary/aromatic N) is 3. The molecule has 2 heterocycles. The fourth-order valence-electron chi connectivity index (χ4n) is 4.08. The van der Waals surface area contributed by atoms with Crippen LogP contribution in [-0.2, 0) is 6.54 Å². The first-order valence-electron chi connectivity index (χ1n) is 9.26. The molecule has 5 nitrogen and oxygen atoms in total. The third kappa shape index (κ3) is 4.34. The molecule has 2 fully saturated rings. The van der Waals surface area contributed by atoms with E-state index in [1.165, 1.54) is 13.2 Å². The fraction of sp³-hybridized carbons (Fsp3) is 0.684. The van der Waals surface area contributed by atoms with Crippen molar-refractivity contribution in [3.05, 3.63) is 29.3 Å². The van der Waals surface area contributed by atoms with E-state index < -0.39 is 11.6 Å². The first-order valence-corrected chi connectivity index (χ1v) is 9.26. The van der Waals surface area contributed by atoms with Crippen LogP contribution in [0.2, 0.25) is 0 Å². The summed E-state index contributed by atoms with van der Waals surface area (Å²) in [5.74, 6) is -0.824. The normalized spacial score (nSPS) is 25.7. The van der Waals surface area contributed by atoms with E-state index in [1.54, 1.807) is 0 Å². The Bertz CT molecular complexity index is 609. The van der Waals surface area contributed by atoms with Gasteiger partial charge in [0.1, 0.15) is 5.75 Å². The van der Waals surface area contributed by atoms with Crippen molar-refractivity contribution in [2.75, 3.05) is 66.6 Å². The molecule has 7 heteroatoms. The lowest BCUT2D eigenvalue weighted by Gasteiger charge is -2.34. The largest absolute Gasteiger partial charge is 0.496 e. The maximum Gasteiger partial charge on any atom is 0.167 e. The Kier molecular flexibility index (Phi) is 6.45. The molecule has 1 N–H and O–H groups in total. The Morgan fingerprint density at radius 3 is 2.42 bits per heavy atom. The van der Waals surface area contributed by atoms with E-state index in [0.29, 0.717) is 24.8 Å². The zero-order valence-corrected chi connectivity index (χ0v) is 15.6. The van der Waals surface area contributed by atoms with E-state index in [0.717, 1.165) is 45.3 Å². The predicted octanol–water partition coefficient (Wildman–Crippen LogP) is 1.26. The molecule has 146 valence electrons. The summed E-state index contributed by atoms with van der Waals surface area (Å²) < 4.78 is 33.1. The zero-order chi connectivity index (χ0) is 18.7. The second-order valence-electron chi connectivity index (χ2n) is 7.54. The van der Waals surface area contributed by atoms with Gasteiger partial charge in [0.2, 0.25) is 0 Å². The lowest BCUT2D eigenvalue weighted by molar-refractivity contribution is 0.116. The van der Waals surface area contributed by atoms with E-state index in [2.05, 4.69) is 21.7 Å². The molecule has 0 amide bonds. The Morgan fingerprint density at radius 1 is 1.08 bits per heavy atom. The van der Waals surface area contributed by atoms with Gasteiger partial charge in [0.05, 0.1) is 7.11 Å². The molecular weight excluding hydrogens is 340 g/mol. The van der Waals surface area contributed by atoms with Gasteiger partial charge in [-0.15, -0.1) is 0 Å². The molecule has 1 aromatic carbocycles. The Morgan fingerprint density at radius 2 is 1.77 bits per heavy atom. The quantitative estimate of drug-likeness (QED) is 0.818. The molecule has 1 aromatic rings. The van der Waals surface area contributed by atoms with Crippen LogP contribution in [0, 0.1) is 23.5 Å². The molecular formula is C19H29F2N3O2. The number of ether oxygens (including phenoxy) is 1. The minimum atomic E-state index is -0.854. The summed E-state index contributed by atoms with van der Waals surface area (Å²) in [5.41, 5.74) is 0.254. The van der Waals surface area contributed by atoms with Crippen molar-refractivity contribution in [1.29, 1.82) is 0 Å². The monoisotopic (exact) mass is 369 g/mol. The van der Waals surface area contributed by atoms with Crippen LogP contribution in [-0.4, -0.2) is 86.4 Å². The molecule has 26 heavy (non-hydrogen) atoms. The topological polar surface area (TPSA) is 39.2 Å². The molecule has 2 aliphatic rings. The van der Waals surface area contributed by atoms with Crippen molar-refractivity contribution < 1.29 is 18.6 Å².